The molecule has 0 unspecified atom stereocenters. The number of thioether (sulfide) groups is 1. The van der Waals surface area contributed by atoms with Crippen LogP contribution in [0.5, 0.6) is 0 Å². The SMILES string of the molecule is Cc1nnc(S[C@H](C)C(=O)c2ccccc2)s1. The molecule has 0 aliphatic carbocycles. The second-order valence-electron chi connectivity index (χ2n) is 3.58. The molecule has 0 aliphatic rings. The summed E-state index contributed by atoms with van der Waals surface area (Å²) in [6.07, 6.45) is 0. The molecule has 3 nitrogen and oxygen atoms in total. The molecule has 17 heavy (non-hydrogen) atoms. The van der Waals surface area contributed by atoms with E-state index >= 15 is 0 Å². The lowest BCUT2D eigenvalue weighted by atomic mass is 10.1. The molecule has 5 heteroatoms. The number of carbonyl (C=O) groups is 1. The fraction of sp³-hybridized carbons (Fsp3) is 0.250. The van der Waals surface area contributed by atoms with Crippen molar-refractivity contribution < 1.29 is 4.79 Å². The van der Waals surface area contributed by atoms with Crippen LogP contribution in [0.2, 0.25) is 0 Å². The van der Waals surface area contributed by atoms with Gasteiger partial charge in [-0.2, -0.15) is 0 Å². The maximum absolute atomic E-state index is 12.1. The normalized spacial score (nSPS) is 12.4. The highest BCUT2D eigenvalue weighted by molar-refractivity contribution is 8.02. The van der Waals surface area contributed by atoms with E-state index < -0.39 is 0 Å². The number of ketones is 1. The Hall–Kier alpha value is -1.20. The topological polar surface area (TPSA) is 42.9 Å². The molecule has 0 saturated carbocycles. The van der Waals surface area contributed by atoms with Crippen molar-refractivity contribution in [2.24, 2.45) is 0 Å². The third kappa shape index (κ3) is 3.14. The minimum Gasteiger partial charge on any atom is -0.293 e. The van der Waals surface area contributed by atoms with Crippen LogP contribution in [-0.2, 0) is 0 Å². The highest BCUT2D eigenvalue weighted by atomic mass is 32.2. The molecule has 2 aromatic rings. The zero-order valence-electron chi connectivity index (χ0n) is 9.58. The predicted octanol–water partition coefficient (Wildman–Crippen LogP) is 3.21. The summed E-state index contributed by atoms with van der Waals surface area (Å²) in [6.45, 7) is 3.81. The summed E-state index contributed by atoms with van der Waals surface area (Å²) in [5, 5.41) is 8.74. The van der Waals surface area contributed by atoms with Crippen LogP contribution in [0.25, 0.3) is 0 Å². The van der Waals surface area contributed by atoms with Crippen LogP contribution in [0, 0.1) is 6.92 Å². The van der Waals surface area contributed by atoms with Gasteiger partial charge in [0.05, 0.1) is 5.25 Å². The van der Waals surface area contributed by atoms with Crippen molar-refractivity contribution in [3.8, 4) is 0 Å². The van der Waals surface area contributed by atoms with E-state index in [9.17, 15) is 4.79 Å². The van der Waals surface area contributed by atoms with E-state index in [4.69, 9.17) is 0 Å². The number of nitrogens with zero attached hydrogens (tertiary/aromatic N) is 2. The summed E-state index contributed by atoms with van der Waals surface area (Å²) in [4.78, 5) is 12.1. The molecule has 0 saturated heterocycles. The second kappa shape index (κ2) is 5.42. The van der Waals surface area contributed by atoms with Gasteiger partial charge in [0.25, 0.3) is 0 Å². The first-order chi connectivity index (χ1) is 8.16. The Morgan fingerprint density at radius 3 is 2.59 bits per heavy atom. The molecule has 1 aromatic carbocycles. The third-order valence-corrected chi connectivity index (χ3v) is 4.24. The first-order valence-electron chi connectivity index (χ1n) is 5.23. The number of benzene rings is 1. The van der Waals surface area contributed by atoms with Crippen LogP contribution < -0.4 is 0 Å². The van der Waals surface area contributed by atoms with Gasteiger partial charge in [-0.25, -0.2) is 0 Å². The Morgan fingerprint density at radius 2 is 2.00 bits per heavy atom. The number of aryl methyl sites for hydroxylation is 1. The zero-order chi connectivity index (χ0) is 12.3. The van der Waals surface area contributed by atoms with Crippen LogP contribution in [-0.4, -0.2) is 21.2 Å². The van der Waals surface area contributed by atoms with Gasteiger partial charge >= 0.3 is 0 Å². The van der Waals surface area contributed by atoms with Gasteiger partial charge in [-0.05, 0) is 13.8 Å². The summed E-state index contributed by atoms with van der Waals surface area (Å²) in [5.41, 5.74) is 0.744. The van der Waals surface area contributed by atoms with Gasteiger partial charge < -0.3 is 0 Å². The van der Waals surface area contributed by atoms with Crippen LogP contribution in [0.4, 0.5) is 0 Å². The molecule has 0 N–H and O–H groups in total. The summed E-state index contributed by atoms with van der Waals surface area (Å²) >= 11 is 2.98. The fourth-order valence-electron chi connectivity index (χ4n) is 1.37. The first-order valence-corrected chi connectivity index (χ1v) is 6.92. The van der Waals surface area contributed by atoms with Crippen molar-refractivity contribution in [3.05, 3.63) is 40.9 Å². The predicted molar refractivity (Wildman–Crippen MR) is 70.7 cm³/mol. The summed E-state index contributed by atoms with van der Waals surface area (Å²) in [5.74, 6) is 0.128. The van der Waals surface area contributed by atoms with E-state index in [-0.39, 0.29) is 11.0 Å². The quantitative estimate of drug-likeness (QED) is 0.628. The summed E-state index contributed by atoms with van der Waals surface area (Å²) < 4.78 is 0.847. The summed E-state index contributed by atoms with van der Waals surface area (Å²) in [7, 11) is 0. The number of hydrogen-bond donors (Lipinski definition) is 0. The lowest BCUT2D eigenvalue weighted by molar-refractivity contribution is 0.0994. The minimum absolute atomic E-state index is 0.128. The van der Waals surface area contributed by atoms with Crippen LogP contribution in [0.3, 0.4) is 0 Å². The molecular formula is C12H12N2OS2. The highest BCUT2D eigenvalue weighted by Gasteiger charge is 2.17. The van der Waals surface area contributed by atoms with Crippen molar-refractivity contribution in [3.63, 3.8) is 0 Å². The van der Waals surface area contributed by atoms with Gasteiger partial charge in [0, 0.05) is 5.56 Å². The number of aromatic nitrogens is 2. The Morgan fingerprint density at radius 1 is 1.29 bits per heavy atom. The fourth-order valence-corrected chi connectivity index (χ4v) is 3.40. The lowest BCUT2D eigenvalue weighted by Gasteiger charge is -2.07. The van der Waals surface area contributed by atoms with Gasteiger partial charge in [0.15, 0.2) is 10.1 Å². The Bertz CT molecular complexity index is 510. The number of carbonyl (C=O) groups excluding carboxylic acids is 1. The zero-order valence-corrected chi connectivity index (χ0v) is 11.2. The third-order valence-electron chi connectivity index (χ3n) is 2.21. The average Bonchev–Trinajstić information content (AvgIpc) is 2.75. The molecule has 0 radical (unpaired) electrons. The van der Waals surface area contributed by atoms with Crippen molar-refractivity contribution >= 4 is 28.9 Å². The second-order valence-corrected chi connectivity index (χ2v) is 6.35. The van der Waals surface area contributed by atoms with Crippen molar-refractivity contribution in [1.82, 2.24) is 10.2 Å². The Labute approximate surface area is 108 Å². The van der Waals surface area contributed by atoms with E-state index in [1.165, 1.54) is 23.1 Å². The largest absolute Gasteiger partial charge is 0.293 e. The first kappa shape index (κ1) is 12.3. The number of Topliss-reactive ketones (excluding diaryl/α,β-unsaturated/α-hetero) is 1. The van der Waals surface area contributed by atoms with Gasteiger partial charge in [0.2, 0.25) is 0 Å². The monoisotopic (exact) mass is 264 g/mol. The number of hydrogen-bond acceptors (Lipinski definition) is 5. The van der Waals surface area contributed by atoms with Crippen molar-refractivity contribution in [1.29, 1.82) is 0 Å². The number of rotatable bonds is 4. The molecule has 0 amide bonds. The van der Waals surface area contributed by atoms with Gasteiger partial charge in [-0.15, -0.1) is 10.2 Å². The van der Waals surface area contributed by atoms with E-state index in [0.717, 1.165) is 14.9 Å². The van der Waals surface area contributed by atoms with Crippen LogP contribution in [0.1, 0.15) is 22.3 Å². The molecule has 1 heterocycles. The molecule has 0 aliphatic heterocycles. The molecule has 2 rings (SSSR count). The van der Waals surface area contributed by atoms with Crippen LogP contribution >= 0.6 is 23.1 Å². The van der Waals surface area contributed by atoms with Crippen molar-refractivity contribution in [2.75, 3.05) is 0 Å². The highest BCUT2D eigenvalue weighted by Crippen LogP contribution is 2.27. The molecule has 0 bridgehead atoms. The maximum Gasteiger partial charge on any atom is 0.175 e. The Kier molecular flexibility index (Phi) is 3.91. The molecule has 0 spiro atoms. The van der Waals surface area contributed by atoms with Crippen LogP contribution in [0.15, 0.2) is 34.7 Å². The molecule has 0 fully saturated rings. The van der Waals surface area contributed by atoms with E-state index in [2.05, 4.69) is 10.2 Å². The lowest BCUT2D eigenvalue weighted by Crippen LogP contribution is -2.13. The minimum atomic E-state index is -0.134. The molecule has 1 aromatic heterocycles. The smallest absolute Gasteiger partial charge is 0.175 e. The van der Waals surface area contributed by atoms with E-state index in [0.29, 0.717) is 0 Å². The van der Waals surface area contributed by atoms with E-state index in [1.54, 1.807) is 0 Å². The molecule has 88 valence electrons. The van der Waals surface area contributed by atoms with Gasteiger partial charge in [-0.3, -0.25) is 4.79 Å². The maximum atomic E-state index is 12.1. The Balaban J connectivity index is 2.06. The van der Waals surface area contributed by atoms with Gasteiger partial charge in [-0.1, -0.05) is 53.4 Å². The van der Waals surface area contributed by atoms with Gasteiger partial charge in [0.1, 0.15) is 5.01 Å². The standard InChI is InChI=1S/C12H12N2OS2/c1-8(16-12-14-13-9(2)17-12)11(15)10-6-4-3-5-7-10/h3-8H,1-2H3/t8-/m1/s1. The summed E-state index contributed by atoms with van der Waals surface area (Å²) in [6, 6.07) is 9.33. The van der Waals surface area contributed by atoms with E-state index in [1.807, 2.05) is 44.2 Å². The average molecular weight is 264 g/mol. The molecule has 1 atom stereocenters. The van der Waals surface area contributed by atoms with Crippen molar-refractivity contribution in [2.45, 2.75) is 23.4 Å². The molecular weight excluding hydrogens is 252 g/mol.